The summed E-state index contributed by atoms with van der Waals surface area (Å²) in [4.78, 5) is 31.0. The van der Waals surface area contributed by atoms with E-state index in [1.807, 2.05) is 37.3 Å². The molecule has 0 aliphatic rings. The van der Waals surface area contributed by atoms with Gasteiger partial charge in [-0.3, -0.25) is 9.59 Å². The van der Waals surface area contributed by atoms with E-state index < -0.39 is 5.91 Å². The molecule has 2 aromatic carbocycles. The number of para-hydroxylation sites is 1. The van der Waals surface area contributed by atoms with Crippen LogP contribution in [0, 0.1) is 0 Å². The fraction of sp³-hybridized carbons (Fsp3) is 0.118. The number of hydrogen-bond donors (Lipinski definition) is 2. The molecule has 3 aromatic rings. The molecule has 1 aromatic heterocycles. The number of hydrogen-bond acceptors (Lipinski definition) is 3. The Labute approximate surface area is 127 Å². The summed E-state index contributed by atoms with van der Waals surface area (Å²) in [6, 6.07) is 16.4. The smallest absolute Gasteiger partial charge is 0.287 e. The summed E-state index contributed by atoms with van der Waals surface area (Å²) in [6.45, 7) is 1.88. The van der Waals surface area contributed by atoms with Crippen molar-refractivity contribution in [3.8, 4) is 0 Å². The Kier molecular flexibility index (Phi) is 3.70. The van der Waals surface area contributed by atoms with Gasteiger partial charge < -0.3 is 10.3 Å². The van der Waals surface area contributed by atoms with Crippen LogP contribution in [-0.4, -0.2) is 15.9 Å². The van der Waals surface area contributed by atoms with Crippen molar-refractivity contribution in [3.63, 3.8) is 0 Å². The third-order valence-electron chi connectivity index (χ3n) is 3.48. The molecule has 0 bridgehead atoms. The highest BCUT2D eigenvalue weighted by Crippen LogP contribution is 2.12. The summed E-state index contributed by atoms with van der Waals surface area (Å²) in [7, 11) is 0. The molecule has 5 heteroatoms. The van der Waals surface area contributed by atoms with Gasteiger partial charge in [-0.25, -0.2) is 4.98 Å². The van der Waals surface area contributed by atoms with Crippen molar-refractivity contribution in [2.45, 2.75) is 13.0 Å². The monoisotopic (exact) mass is 293 g/mol. The van der Waals surface area contributed by atoms with Crippen LogP contribution < -0.4 is 10.9 Å². The highest BCUT2D eigenvalue weighted by atomic mass is 16.2. The maximum atomic E-state index is 12.3. The van der Waals surface area contributed by atoms with Crippen LogP contribution in [0.4, 0.5) is 0 Å². The van der Waals surface area contributed by atoms with Gasteiger partial charge in [0.15, 0.2) is 5.82 Å². The lowest BCUT2D eigenvalue weighted by molar-refractivity contribution is 0.0929. The number of benzene rings is 2. The van der Waals surface area contributed by atoms with Crippen molar-refractivity contribution in [1.29, 1.82) is 0 Å². The molecule has 3 rings (SSSR count). The van der Waals surface area contributed by atoms with E-state index in [0.717, 1.165) is 5.56 Å². The molecule has 1 heterocycles. The molecular weight excluding hydrogens is 278 g/mol. The maximum Gasteiger partial charge on any atom is 0.287 e. The molecule has 0 spiro atoms. The summed E-state index contributed by atoms with van der Waals surface area (Å²) >= 11 is 0. The van der Waals surface area contributed by atoms with Gasteiger partial charge in [-0.15, -0.1) is 0 Å². The van der Waals surface area contributed by atoms with E-state index in [2.05, 4.69) is 15.3 Å². The summed E-state index contributed by atoms with van der Waals surface area (Å²) in [5, 5.41) is 3.30. The van der Waals surface area contributed by atoms with E-state index in [1.54, 1.807) is 24.3 Å². The van der Waals surface area contributed by atoms with Gasteiger partial charge in [-0.05, 0) is 24.6 Å². The molecule has 1 atom stereocenters. The van der Waals surface area contributed by atoms with Crippen molar-refractivity contribution in [1.82, 2.24) is 15.3 Å². The van der Waals surface area contributed by atoms with Crippen LogP contribution in [0.5, 0.6) is 0 Å². The molecule has 2 N–H and O–H groups in total. The molecule has 0 unspecified atom stereocenters. The predicted molar refractivity (Wildman–Crippen MR) is 84.7 cm³/mol. The first-order valence-corrected chi connectivity index (χ1v) is 7.00. The number of carbonyl (C=O) groups excluding carboxylic acids is 1. The Morgan fingerprint density at radius 2 is 1.77 bits per heavy atom. The number of amides is 1. The Bertz CT molecular complexity index is 872. The normalized spacial score (nSPS) is 12.0. The quantitative estimate of drug-likeness (QED) is 0.778. The fourth-order valence-electron chi connectivity index (χ4n) is 2.28. The van der Waals surface area contributed by atoms with Crippen LogP contribution in [-0.2, 0) is 0 Å². The predicted octanol–water partition coefficient (Wildman–Crippen LogP) is 2.41. The van der Waals surface area contributed by atoms with E-state index >= 15 is 0 Å². The number of nitrogens with zero attached hydrogens (tertiary/aromatic N) is 1. The minimum Gasteiger partial charge on any atom is -0.343 e. The first-order chi connectivity index (χ1) is 10.6. The molecule has 22 heavy (non-hydrogen) atoms. The minimum absolute atomic E-state index is 0.0199. The second kappa shape index (κ2) is 5.81. The van der Waals surface area contributed by atoms with Crippen LogP contribution in [0.25, 0.3) is 10.9 Å². The lowest BCUT2D eigenvalue weighted by Gasteiger charge is -2.13. The summed E-state index contributed by atoms with van der Waals surface area (Å²) in [5.74, 6) is -0.384. The van der Waals surface area contributed by atoms with Gasteiger partial charge in [0.1, 0.15) is 0 Å². The second-order valence-electron chi connectivity index (χ2n) is 5.04. The Balaban J connectivity index is 1.88. The fourth-order valence-corrected chi connectivity index (χ4v) is 2.28. The highest BCUT2D eigenvalue weighted by molar-refractivity contribution is 5.92. The van der Waals surface area contributed by atoms with E-state index in [4.69, 9.17) is 0 Å². The van der Waals surface area contributed by atoms with E-state index in [1.165, 1.54) is 0 Å². The number of H-pyrrole nitrogens is 1. The molecule has 0 saturated carbocycles. The summed E-state index contributed by atoms with van der Waals surface area (Å²) < 4.78 is 0. The average molecular weight is 293 g/mol. The van der Waals surface area contributed by atoms with Crippen molar-refractivity contribution < 1.29 is 4.79 Å². The van der Waals surface area contributed by atoms with Crippen molar-refractivity contribution in [2.24, 2.45) is 0 Å². The molecule has 1 amide bonds. The summed E-state index contributed by atoms with van der Waals surface area (Å²) in [6.07, 6.45) is 0. The standard InChI is InChI=1S/C17H15N3O2/c1-11(12-7-3-2-4-8-12)18-17(22)15-19-14-10-6-5-9-13(14)16(21)20-15/h2-11H,1H3,(H,18,22)(H,19,20,21)/t11-/m0/s1. The van der Waals surface area contributed by atoms with Gasteiger partial charge in [0.05, 0.1) is 16.9 Å². The van der Waals surface area contributed by atoms with Gasteiger partial charge in [-0.2, -0.15) is 0 Å². The number of carbonyl (C=O) groups is 1. The first-order valence-electron chi connectivity index (χ1n) is 7.00. The van der Waals surface area contributed by atoms with E-state index in [9.17, 15) is 9.59 Å². The van der Waals surface area contributed by atoms with E-state index in [-0.39, 0.29) is 17.4 Å². The average Bonchev–Trinajstić information content (AvgIpc) is 2.55. The van der Waals surface area contributed by atoms with Crippen LogP contribution in [0.2, 0.25) is 0 Å². The lowest BCUT2D eigenvalue weighted by Crippen LogP contribution is -2.30. The van der Waals surface area contributed by atoms with Crippen LogP contribution >= 0.6 is 0 Å². The number of aromatic nitrogens is 2. The van der Waals surface area contributed by atoms with Gasteiger partial charge in [0, 0.05) is 0 Å². The zero-order valence-corrected chi connectivity index (χ0v) is 12.0. The third kappa shape index (κ3) is 2.74. The van der Waals surface area contributed by atoms with Gasteiger partial charge in [0.25, 0.3) is 11.5 Å². The largest absolute Gasteiger partial charge is 0.343 e. The first kappa shape index (κ1) is 14.0. The molecule has 0 fully saturated rings. The molecule has 0 saturated heterocycles. The van der Waals surface area contributed by atoms with Crippen LogP contribution in [0.1, 0.15) is 29.1 Å². The zero-order chi connectivity index (χ0) is 15.5. The molecular formula is C17H15N3O2. The van der Waals surface area contributed by atoms with E-state index in [0.29, 0.717) is 10.9 Å². The van der Waals surface area contributed by atoms with Crippen LogP contribution in [0.3, 0.4) is 0 Å². The van der Waals surface area contributed by atoms with Crippen molar-refractivity contribution in [2.75, 3.05) is 0 Å². The highest BCUT2D eigenvalue weighted by Gasteiger charge is 2.14. The third-order valence-corrected chi connectivity index (χ3v) is 3.48. The number of nitrogens with one attached hydrogen (secondary N) is 2. The Morgan fingerprint density at radius 3 is 2.55 bits per heavy atom. The van der Waals surface area contributed by atoms with Crippen LogP contribution in [0.15, 0.2) is 59.4 Å². The topological polar surface area (TPSA) is 74.8 Å². The molecule has 5 nitrogen and oxygen atoms in total. The van der Waals surface area contributed by atoms with Gasteiger partial charge >= 0.3 is 0 Å². The molecule has 110 valence electrons. The zero-order valence-electron chi connectivity index (χ0n) is 12.0. The van der Waals surface area contributed by atoms with Crippen molar-refractivity contribution >= 4 is 16.8 Å². The SMILES string of the molecule is C[C@H](NC(=O)c1nc2ccccc2c(=O)[nH]1)c1ccccc1. The number of rotatable bonds is 3. The lowest BCUT2D eigenvalue weighted by atomic mass is 10.1. The Morgan fingerprint density at radius 1 is 1.09 bits per heavy atom. The maximum absolute atomic E-state index is 12.3. The molecule has 0 aliphatic heterocycles. The summed E-state index contributed by atoms with van der Waals surface area (Å²) in [5.41, 5.74) is 1.17. The molecule has 0 radical (unpaired) electrons. The van der Waals surface area contributed by atoms with Gasteiger partial charge in [-0.1, -0.05) is 42.5 Å². The number of aromatic amines is 1. The Hall–Kier alpha value is -2.95. The van der Waals surface area contributed by atoms with Crippen molar-refractivity contribution in [3.05, 3.63) is 76.3 Å². The minimum atomic E-state index is -0.404. The molecule has 0 aliphatic carbocycles. The second-order valence-corrected chi connectivity index (χ2v) is 5.04. The van der Waals surface area contributed by atoms with Gasteiger partial charge in [0.2, 0.25) is 0 Å². The number of fused-ring (bicyclic) bond motifs is 1.